The van der Waals surface area contributed by atoms with Gasteiger partial charge in [0.1, 0.15) is 5.75 Å². The molecule has 0 heterocycles. The molecule has 1 N–H and O–H groups in total. The van der Waals surface area contributed by atoms with E-state index in [0.717, 1.165) is 48.4 Å². The molecule has 0 saturated heterocycles. The number of carboxylic acids is 1. The van der Waals surface area contributed by atoms with Gasteiger partial charge in [-0.15, -0.1) is 0 Å². The molecule has 0 radical (unpaired) electrons. The van der Waals surface area contributed by atoms with E-state index in [1.54, 1.807) is 24.3 Å². The van der Waals surface area contributed by atoms with E-state index in [0.29, 0.717) is 23.5 Å². The van der Waals surface area contributed by atoms with E-state index in [2.05, 4.69) is 51.9 Å². The van der Waals surface area contributed by atoms with Gasteiger partial charge in [0.2, 0.25) is 0 Å². The van der Waals surface area contributed by atoms with Gasteiger partial charge >= 0.3 is 14.5 Å². The van der Waals surface area contributed by atoms with Crippen LogP contribution in [-0.2, 0) is 8.23 Å². The van der Waals surface area contributed by atoms with Gasteiger partial charge in [-0.25, -0.2) is 4.79 Å². The summed E-state index contributed by atoms with van der Waals surface area (Å²) in [5.74, 6) is -0.302. The van der Waals surface area contributed by atoms with Gasteiger partial charge in [-0.2, -0.15) is 5.26 Å². The minimum absolute atomic E-state index is 0.240. The molecule has 0 amide bonds. The number of hydrogen-bond donors (Lipinski definition) is 1. The number of rotatable bonds is 15. The van der Waals surface area contributed by atoms with Crippen molar-refractivity contribution in [2.45, 2.75) is 77.6 Å². The first-order chi connectivity index (χ1) is 19.7. The van der Waals surface area contributed by atoms with Gasteiger partial charge in [0, 0.05) is 0 Å². The van der Waals surface area contributed by atoms with Crippen LogP contribution in [-0.4, -0.2) is 42.9 Å². The van der Waals surface area contributed by atoms with Crippen LogP contribution in [0.4, 0.5) is 0 Å². The van der Waals surface area contributed by atoms with Crippen LogP contribution in [0.3, 0.4) is 0 Å². The molecule has 3 aromatic carbocycles. The number of ether oxygens (including phenoxy) is 1. The molecule has 0 fully saturated rings. The van der Waals surface area contributed by atoms with E-state index in [-0.39, 0.29) is 5.56 Å². The molecule has 0 saturated carbocycles. The summed E-state index contributed by atoms with van der Waals surface area (Å²) in [7, 11) is -5.49. The fourth-order valence-electron chi connectivity index (χ4n) is 5.29. The number of nitriles is 1. The predicted molar refractivity (Wildman–Crippen MR) is 178 cm³/mol. The third-order valence-electron chi connectivity index (χ3n) is 6.78. The van der Waals surface area contributed by atoms with E-state index in [1.165, 1.54) is 0 Å². The van der Waals surface area contributed by atoms with E-state index >= 15 is 0 Å². The number of unbranched alkanes of at least 4 members (excludes halogenated alkanes) is 3. The van der Waals surface area contributed by atoms with Crippen LogP contribution in [0.2, 0.25) is 51.9 Å². The Labute approximate surface area is 254 Å². The topological polar surface area (TPSA) is 88.8 Å². The lowest BCUT2D eigenvalue weighted by Crippen LogP contribution is -2.51. The molecule has 0 unspecified atom stereocenters. The van der Waals surface area contributed by atoms with Crippen LogP contribution in [0, 0.1) is 11.3 Å². The van der Waals surface area contributed by atoms with Crippen LogP contribution in [0.5, 0.6) is 5.75 Å². The minimum atomic E-state index is -2.10. The Hall–Kier alpha value is -3.01. The zero-order chi connectivity index (χ0) is 31.0. The van der Waals surface area contributed by atoms with Crippen molar-refractivity contribution in [3.05, 3.63) is 77.9 Å². The summed E-state index contributed by atoms with van der Waals surface area (Å²) in [4.78, 5) is 11.9. The van der Waals surface area contributed by atoms with Crippen LogP contribution in [0.25, 0.3) is 22.3 Å². The zero-order valence-corrected chi connectivity index (χ0v) is 29.1. The average Bonchev–Trinajstić information content (AvgIpc) is 2.90. The van der Waals surface area contributed by atoms with Crippen molar-refractivity contribution in [1.82, 2.24) is 0 Å². The summed E-state index contributed by atoms with van der Waals surface area (Å²) in [6.07, 6.45) is 4.30. The van der Waals surface area contributed by atoms with Gasteiger partial charge in [-0.05, 0) is 111 Å². The van der Waals surface area contributed by atoms with Crippen molar-refractivity contribution in [2.24, 2.45) is 0 Å². The second-order valence-electron chi connectivity index (χ2n) is 12.8. The molecule has 0 atom stereocenters. The molecule has 0 bridgehead atoms. The second-order valence-corrected chi connectivity index (χ2v) is 25.4. The lowest BCUT2D eigenvalue weighted by molar-refractivity contribution is 0.0697. The highest BCUT2D eigenvalue weighted by Gasteiger charge is 2.37. The maximum atomic E-state index is 11.9. The molecular formula is C33H45NO5Si3. The van der Waals surface area contributed by atoms with Crippen molar-refractivity contribution in [2.75, 3.05) is 6.61 Å². The van der Waals surface area contributed by atoms with Crippen LogP contribution in [0.15, 0.2) is 66.7 Å². The molecule has 0 aliphatic carbocycles. The number of benzene rings is 3. The van der Waals surface area contributed by atoms with Crippen molar-refractivity contribution >= 4 is 31.2 Å². The van der Waals surface area contributed by atoms with Gasteiger partial charge in [-0.3, -0.25) is 0 Å². The minimum Gasteiger partial charge on any atom is -0.494 e. The molecule has 3 rings (SSSR count). The molecule has 9 heteroatoms. The van der Waals surface area contributed by atoms with Crippen LogP contribution < -0.4 is 4.74 Å². The maximum Gasteiger partial charge on any atom is 0.336 e. The standard InChI is InChI=1S/C33H45NO5Si3/c1-40(2,3)38-42(6,7)39-41(4,5)23-11-9-8-10-22-37-30-20-21-31(33(35)36)32(24-30)29-18-16-28(17-19-29)27-14-12-26(25-34)13-15-27/h12-21,24H,8-11,22-23H2,1-7H3,(H,35,36). The summed E-state index contributed by atoms with van der Waals surface area (Å²) in [6, 6.07) is 23.6. The fourth-order valence-corrected chi connectivity index (χ4v) is 18.6. The Morgan fingerprint density at radius 1 is 0.762 bits per heavy atom. The first-order valence-electron chi connectivity index (χ1n) is 14.7. The maximum absolute atomic E-state index is 11.9. The summed E-state index contributed by atoms with van der Waals surface area (Å²) in [6.45, 7) is 16.2. The zero-order valence-electron chi connectivity index (χ0n) is 26.1. The predicted octanol–water partition coefficient (Wildman–Crippen LogP) is 9.30. The Bertz CT molecular complexity index is 1370. The highest BCUT2D eigenvalue weighted by Crippen LogP contribution is 2.31. The SMILES string of the molecule is C[Si](C)(C)O[Si](C)(C)O[Si](C)(C)CCCCCCOc1ccc(C(=O)O)c(-c2ccc(-c3ccc(C#N)cc3)cc2)c1. The number of hydrogen-bond acceptors (Lipinski definition) is 5. The highest BCUT2D eigenvalue weighted by atomic mass is 28.5. The molecule has 224 valence electrons. The molecular weight excluding hydrogens is 575 g/mol. The first kappa shape index (κ1) is 33.5. The monoisotopic (exact) mass is 619 g/mol. The number of nitrogens with zero attached hydrogens (tertiary/aromatic N) is 1. The molecule has 0 aliphatic heterocycles. The van der Waals surface area contributed by atoms with Crippen molar-refractivity contribution in [1.29, 1.82) is 5.26 Å². The quantitative estimate of drug-likeness (QED) is 0.135. The third-order valence-corrected chi connectivity index (χ3v) is 16.9. The van der Waals surface area contributed by atoms with Crippen LogP contribution in [0.1, 0.15) is 41.6 Å². The molecule has 3 aromatic rings. The van der Waals surface area contributed by atoms with Crippen molar-refractivity contribution in [3.63, 3.8) is 0 Å². The van der Waals surface area contributed by atoms with Gasteiger partial charge in [0.15, 0.2) is 16.6 Å². The van der Waals surface area contributed by atoms with Gasteiger partial charge in [0.25, 0.3) is 0 Å². The smallest absolute Gasteiger partial charge is 0.336 e. The number of carbonyl (C=O) groups is 1. The van der Waals surface area contributed by atoms with E-state index in [4.69, 9.17) is 18.2 Å². The lowest BCUT2D eigenvalue weighted by Gasteiger charge is -2.37. The average molecular weight is 620 g/mol. The molecule has 0 aliphatic rings. The van der Waals surface area contributed by atoms with E-state index < -0.39 is 31.2 Å². The van der Waals surface area contributed by atoms with E-state index in [1.807, 2.05) is 42.5 Å². The summed E-state index contributed by atoms with van der Waals surface area (Å²) in [5, 5.41) is 18.8. The Morgan fingerprint density at radius 2 is 1.33 bits per heavy atom. The van der Waals surface area contributed by atoms with Gasteiger partial charge in [0.05, 0.1) is 23.8 Å². The summed E-state index contributed by atoms with van der Waals surface area (Å²) < 4.78 is 19.0. The summed E-state index contributed by atoms with van der Waals surface area (Å²) in [5.41, 5.74) is 4.28. The number of carboxylic acid groups (broad SMARTS) is 1. The summed E-state index contributed by atoms with van der Waals surface area (Å²) >= 11 is 0. The Kier molecular flexibility index (Phi) is 11.5. The van der Waals surface area contributed by atoms with Gasteiger partial charge in [-0.1, -0.05) is 55.7 Å². The Morgan fingerprint density at radius 3 is 1.90 bits per heavy atom. The number of aromatic carboxylic acids is 1. The Balaban J connectivity index is 1.52. The fraction of sp³-hybridized carbons (Fsp3) is 0.394. The van der Waals surface area contributed by atoms with Gasteiger partial charge < -0.3 is 18.1 Å². The largest absolute Gasteiger partial charge is 0.494 e. The molecule has 0 aromatic heterocycles. The molecule has 42 heavy (non-hydrogen) atoms. The lowest BCUT2D eigenvalue weighted by atomic mass is 9.96. The normalized spacial score (nSPS) is 12.1. The molecule has 0 spiro atoms. The van der Waals surface area contributed by atoms with Crippen molar-refractivity contribution in [3.8, 4) is 34.1 Å². The second kappa shape index (κ2) is 14.4. The highest BCUT2D eigenvalue weighted by molar-refractivity contribution is 6.87. The first-order valence-corrected chi connectivity index (χ1v) is 24.0. The van der Waals surface area contributed by atoms with Crippen LogP contribution >= 0.6 is 0 Å². The van der Waals surface area contributed by atoms with E-state index in [9.17, 15) is 9.90 Å². The molecule has 6 nitrogen and oxygen atoms in total. The van der Waals surface area contributed by atoms with Crippen molar-refractivity contribution < 1.29 is 22.9 Å². The third kappa shape index (κ3) is 10.7.